The third-order valence-corrected chi connectivity index (χ3v) is 3.41. The molecule has 0 spiro atoms. The van der Waals surface area contributed by atoms with Crippen molar-refractivity contribution in [3.8, 4) is 5.88 Å². The number of piperidine rings is 1. The van der Waals surface area contributed by atoms with Crippen molar-refractivity contribution >= 4 is 0 Å². The Bertz CT molecular complexity index is 353. The Hall–Kier alpha value is -1.03. The molecule has 1 aromatic heterocycles. The molecule has 0 unspecified atom stereocenters. The van der Waals surface area contributed by atoms with Crippen LogP contribution in [-0.2, 0) is 6.54 Å². The van der Waals surface area contributed by atoms with Crippen LogP contribution < -0.4 is 10.1 Å². The summed E-state index contributed by atoms with van der Waals surface area (Å²) in [6, 6.07) is 0. The van der Waals surface area contributed by atoms with E-state index in [1.807, 2.05) is 0 Å². The molecule has 0 amide bonds. The highest BCUT2D eigenvalue weighted by molar-refractivity contribution is 5.32. The van der Waals surface area contributed by atoms with E-state index < -0.39 is 0 Å². The maximum Gasteiger partial charge on any atom is 0.235 e. The highest BCUT2D eigenvalue weighted by atomic mass is 16.5. The summed E-state index contributed by atoms with van der Waals surface area (Å²) in [6.45, 7) is 7.40. The number of methoxy groups -OCH3 is 1. The molecular formula is C12H21N3O. The fourth-order valence-electron chi connectivity index (χ4n) is 2.59. The van der Waals surface area contributed by atoms with Gasteiger partial charge in [0, 0.05) is 23.7 Å². The minimum Gasteiger partial charge on any atom is -0.480 e. The summed E-state index contributed by atoms with van der Waals surface area (Å²) < 4.78 is 7.41. The van der Waals surface area contributed by atoms with E-state index in [1.165, 1.54) is 24.1 Å². The molecule has 0 atom stereocenters. The molecule has 1 aliphatic rings. The van der Waals surface area contributed by atoms with Crippen molar-refractivity contribution in [3.63, 3.8) is 0 Å². The van der Waals surface area contributed by atoms with E-state index in [4.69, 9.17) is 4.74 Å². The van der Waals surface area contributed by atoms with Crippen molar-refractivity contribution in [2.45, 2.75) is 39.2 Å². The van der Waals surface area contributed by atoms with Gasteiger partial charge in [-0.3, -0.25) is 4.68 Å². The molecule has 1 N–H and O–H groups in total. The van der Waals surface area contributed by atoms with E-state index in [0.29, 0.717) is 5.92 Å². The Morgan fingerprint density at radius 2 is 2.12 bits per heavy atom. The summed E-state index contributed by atoms with van der Waals surface area (Å²) in [5.74, 6) is 1.42. The quantitative estimate of drug-likeness (QED) is 0.847. The normalized spacial score (nSPS) is 17.7. The molecule has 1 fully saturated rings. The monoisotopic (exact) mass is 223 g/mol. The lowest BCUT2D eigenvalue weighted by Crippen LogP contribution is -2.28. The van der Waals surface area contributed by atoms with Gasteiger partial charge >= 0.3 is 0 Å². The SMILES string of the molecule is CCn1nc(OC)c(C)c1C1CCNCC1. The zero-order valence-electron chi connectivity index (χ0n) is 10.4. The molecule has 1 aromatic rings. The van der Waals surface area contributed by atoms with Crippen LogP contribution in [0.1, 0.15) is 36.9 Å². The number of nitrogens with one attached hydrogen (secondary N) is 1. The number of hydrogen-bond donors (Lipinski definition) is 1. The molecule has 0 aromatic carbocycles. The van der Waals surface area contributed by atoms with Crippen LogP contribution in [-0.4, -0.2) is 30.0 Å². The Morgan fingerprint density at radius 3 is 2.69 bits per heavy atom. The van der Waals surface area contributed by atoms with Gasteiger partial charge in [0.15, 0.2) is 0 Å². The van der Waals surface area contributed by atoms with Crippen LogP contribution in [0.3, 0.4) is 0 Å². The van der Waals surface area contributed by atoms with E-state index in [0.717, 1.165) is 25.5 Å². The van der Waals surface area contributed by atoms with Crippen molar-refractivity contribution < 1.29 is 4.74 Å². The first-order valence-electron chi connectivity index (χ1n) is 6.10. The molecule has 0 saturated carbocycles. The van der Waals surface area contributed by atoms with E-state index in [2.05, 4.69) is 28.9 Å². The van der Waals surface area contributed by atoms with E-state index in [1.54, 1.807) is 7.11 Å². The average molecular weight is 223 g/mol. The number of aryl methyl sites for hydroxylation is 1. The van der Waals surface area contributed by atoms with Crippen LogP contribution in [0.25, 0.3) is 0 Å². The van der Waals surface area contributed by atoms with E-state index in [9.17, 15) is 0 Å². The first-order chi connectivity index (χ1) is 7.77. The van der Waals surface area contributed by atoms with Gasteiger partial charge < -0.3 is 10.1 Å². The van der Waals surface area contributed by atoms with Crippen LogP contribution in [0.2, 0.25) is 0 Å². The molecule has 1 saturated heterocycles. The van der Waals surface area contributed by atoms with Crippen LogP contribution in [0.5, 0.6) is 5.88 Å². The lowest BCUT2D eigenvalue weighted by Gasteiger charge is -2.23. The molecular weight excluding hydrogens is 202 g/mol. The molecule has 0 bridgehead atoms. The molecule has 90 valence electrons. The Balaban J connectivity index is 2.32. The lowest BCUT2D eigenvalue weighted by molar-refractivity contribution is 0.386. The maximum atomic E-state index is 5.31. The second-order valence-corrected chi connectivity index (χ2v) is 4.36. The number of nitrogens with zero attached hydrogens (tertiary/aromatic N) is 2. The molecule has 4 heteroatoms. The molecule has 4 nitrogen and oxygen atoms in total. The zero-order valence-corrected chi connectivity index (χ0v) is 10.4. The van der Waals surface area contributed by atoms with Gasteiger partial charge in [-0.2, -0.15) is 0 Å². The van der Waals surface area contributed by atoms with Crippen molar-refractivity contribution in [2.75, 3.05) is 20.2 Å². The van der Waals surface area contributed by atoms with E-state index in [-0.39, 0.29) is 0 Å². The molecule has 1 aliphatic heterocycles. The van der Waals surface area contributed by atoms with Gasteiger partial charge in [-0.25, -0.2) is 0 Å². The minimum atomic E-state index is 0.637. The summed E-state index contributed by atoms with van der Waals surface area (Å²) >= 11 is 0. The van der Waals surface area contributed by atoms with Gasteiger partial charge in [0.1, 0.15) is 0 Å². The van der Waals surface area contributed by atoms with Gasteiger partial charge in [-0.1, -0.05) is 0 Å². The third-order valence-electron chi connectivity index (χ3n) is 3.41. The summed E-state index contributed by atoms with van der Waals surface area (Å²) in [6.07, 6.45) is 2.41. The molecule has 16 heavy (non-hydrogen) atoms. The Labute approximate surface area is 97.0 Å². The van der Waals surface area contributed by atoms with Gasteiger partial charge in [0.25, 0.3) is 0 Å². The fourth-order valence-corrected chi connectivity index (χ4v) is 2.59. The van der Waals surface area contributed by atoms with Gasteiger partial charge in [0.2, 0.25) is 5.88 Å². The molecule has 0 radical (unpaired) electrons. The summed E-state index contributed by atoms with van der Waals surface area (Å²) in [4.78, 5) is 0. The second kappa shape index (κ2) is 4.87. The summed E-state index contributed by atoms with van der Waals surface area (Å²) in [5.41, 5.74) is 2.59. The Morgan fingerprint density at radius 1 is 1.44 bits per heavy atom. The van der Waals surface area contributed by atoms with Crippen molar-refractivity contribution in [3.05, 3.63) is 11.3 Å². The van der Waals surface area contributed by atoms with Gasteiger partial charge in [0.05, 0.1) is 7.11 Å². The first-order valence-corrected chi connectivity index (χ1v) is 6.10. The lowest BCUT2D eigenvalue weighted by atomic mass is 9.92. The van der Waals surface area contributed by atoms with Crippen LogP contribution in [0, 0.1) is 6.92 Å². The van der Waals surface area contributed by atoms with Gasteiger partial charge in [-0.05, 0) is 39.8 Å². The van der Waals surface area contributed by atoms with Gasteiger partial charge in [-0.15, -0.1) is 5.10 Å². The smallest absolute Gasteiger partial charge is 0.235 e. The second-order valence-electron chi connectivity index (χ2n) is 4.36. The standard InChI is InChI=1S/C12H21N3O/c1-4-15-11(9(2)12(14-15)16-3)10-5-7-13-8-6-10/h10,13H,4-8H2,1-3H3. The highest BCUT2D eigenvalue weighted by Crippen LogP contribution is 2.32. The molecule has 0 aliphatic carbocycles. The summed E-state index contributed by atoms with van der Waals surface area (Å²) in [5, 5.41) is 7.90. The molecule has 2 heterocycles. The zero-order chi connectivity index (χ0) is 11.5. The predicted octanol–water partition coefficient (Wildman–Crippen LogP) is 1.69. The summed E-state index contributed by atoms with van der Waals surface area (Å²) in [7, 11) is 1.70. The Kier molecular flexibility index (Phi) is 3.49. The maximum absolute atomic E-state index is 5.31. The number of hydrogen-bond acceptors (Lipinski definition) is 3. The van der Waals surface area contributed by atoms with Crippen molar-refractivity contribution in [1.29, 1.82) is 0 Å². The molecule has 2 rings (SSSR count). The first kappa shape index (κ1) is 11.5. The minimum absolute atomic E-state index is 0.637. The number of rotatable bonds is 3. The average Bonchev–Trinajstić information content (AvgIpc) is 2.66. The van der Waals surface area contributed by atoms with Crippen LogP contribution in [0.15, 0.2) is 0 Å². The predicted molar refractivity (Wildman–Crippen MR) is 64.0 cm³/mol. The topological polar surface area (TPSA) is 39.1 Å². The third kappa shape index (κ3) is 1.94. The highest BCUT2D eigenvalue weighted by Gasteiger charge is 2.23. The fraction of sp³-hybridized carbons (Fsp3) is 0.750. The number of ether oxygens (including phenoxy) is 1. The van der Waals surface area contributed by atoms with E-state index >= 15 is 0 Å². The van der Waals surface area contributed by atoms with Crippen molar-refractivity contribution in [2.24, 2.45) is 0 Å². The number of aromatic nitrogens is 2. The largest absolute Gasteiger partial charge is 0.480 e. The van der Waals surface area contributed by atoms with Crippen LogP contribution >= 0.6 is 0 Å². The van der Waals surface area contributed by atoms with Crippen LogP contribution in [0.4, 0.5) is 0 Å². The van der Waals surface area contributed by atoms with Crippen molar-refractivity contribution in [1.82, 2.24) is 15.1 Å².